The van der Waals surface area contributed by atoms with Gasteiger partial charge in [0.2, 0.25) is 11.8 Å². The van der Waals surface area contributed by atoms with Crippen LogP contribution in [0.1, 0.15) is 34.8 Å². The van der Waals surface area contributed by atoms with Crippen molar-refractivity contribution in [3.05, 3.63) is 83.4 Å². The number of hydrazone groups is 1. The van der Waals surface area contributed by atoms with Crippen LogP contribution >= 0.6 is 0 Å². The average Bonchev–Trinajstić information content (AvgIpc) is 2.94. The maximum atomic E-state index is 12.3. The second-order valence-electron chi connectivity index (χ2n) is 8.38. The van der Waals surface area contributed by atoms with E-state index in [1.807, 2.05) is 19.1 Å². The van der Waals surface area contributed by atoms with Crippen LogP contribution in [0, 0.1) is 6.92 Å². The monoisotopic (exact) mass is 546 g/mol. The summed E-state index contributed by atoms with van der Waals surface area (Å²) in [4.78, 5) is 48.2. The molecular weight excluding hydrogens is 516 g/mol. The molecule has 0 saturated carbocycles. The predicted molar refractivity (Wildman–Crippen MR) is 150 cm³/mol. The van der Waals surface area contributed by atoms with Crippen LogP contribution in [0.15, 0.2) is 71.8 Å². The molecule has 11 heteroatoms. The van der Waals surface area contributed by atoms with Gasteiger partial charge in [-0.2, -0.15) is 5.10 Å². The Morgan fingerprint density at radius 2 is 1.62 bits per heavy atom. The van der Waals surface area contributed by atoms with Crippen LogP contribution in [0.3, 0.4) is 0 Å². The smallest absolute Gasteiger partial charge is 0.338 e. The fraction of sp³-hybridized carbons (Fsp3) is 0.207. The van der Waals surface area contributed by atoms with E-state index >= 15 is 0 Å². The highest BCUT2D eigenvalue weighted by atomic mass is 16.5. The molecule has 0 aliphatic heterocycles. The minimum atomic E-state index is -0.573. The van der Waals surface area contributed by atoms with Crippen molar-refractivity contribution in [2.75, 3.05) is 31.0 Å². The zero-order valence-corrected chi connectivity index (χ0v) is 22.4. The maximum absolute atomic E-state index is 12.3. The number of carbonyl (C=O) groups excluding carboxylic acids is 4. The molecule has 0 radical (unpaired) electrons. The Labute approximate surface area is 231 Å². The molecule has 3 amide bonds. The van der Waals surface area contributed by atoms with Gasteiger partial charge in [-0.3, -0.25) is 14.4 Å². The van der Waals surface area contributed by atoms with Gasteiger partial charge in [-0.05, 0) is 73.5 Å². The fourth-order valence-electron chi connectivity index (χ4n) is 3.40. The minimum absolute atomic E-state index is 0.276. The maximum Gasteiger partial charge on any atom is 0.338 e. The number of anilines is 2. The summed E-state index contributed by atoms with van der Waals surface area (Å²) >= 11 is 0. The molecule has 0 bridgehead atoms. The Kier molecular flexibility index (Phi) is 10.8. The summed E-state index contributed by atoms with van der Waals surface area (Å²) in [5.74, 6) is -1.21. The summed E-state index contributed by atoms with van der Waals surface area (Å²) in [7, 11) is 1.45. The molecule has 208 valence electrons. The lowest BCUT2D eigenvalue weighted by molar-refractivity contribution is -0.126. The number of benzene rings is 3. The Bertz CT molecular complexity index is 1390. The first-order chi connectivity index (χ1) is 19.3. The van der Waals surface area contributed by atoms with Gasteiger partial charge in [0.05, 0.1) is 25.5 Å². The number of rotatable bonds is 12. The van der Waals surface area contributed by atoms with Crippen molar-refractivity contribution in [3.63, 3.8) is 0 Å². The van der Waals surface area contributed by atoms with E-state index in [9.17, 15) is 19.2 Å². The molecule has 0 atom stereocenters. The van der Waals surface area contributed by atoms with E-state index in [1.54, 1.807) is 61.5 Å². The molecular formula is C29H30N4O7. The molecule has 0 fully saturated rings. The van der Waals surface area contributed by atoms with Crippen LogP contribution in [0.25, 0.3) is 0 Å². The molecule has 0 aromatic heterocycles. The highest BCUT2D eigenvalue weighted by Gasteiger charge is 2.12. The normalized spacial score (nSPS) is 10.5. The molecule has 3 rings (SSSR count). The van der Waals surface area contributed by atoms with E-state index in [1.165, 1.54) is 13.3 Å². The highest BCUT2D eigenvalue weighted by molar-refractivity contribution is 6.04. The lowest BCUT2D eigenvalue weighted by Crippen LogP contribution is -2.24. The first-order valence-electron chi connectivity index (χ1n) is 12.3. The number of methoxy groups -OCH3 is 1. The predicted octanol–water partition coefficient (Wildman–Crippen LogP) is 3.68. The third-order valence-electron chi connectivity index (χ3n) is 5.37. The van der Waals surface area contributed by atoms with Gasteiger partial charge in [0.25, 0.3) is 5.91 Å². The van der Waals surface area contributed by atoms with Crippen LogP contribution in [0.4, 0.5) is 11.4 Å². The summed E-state index contributed by atoms with van der Waals surface area (Å²) in [6.45, 7) is 3.57. The van der Waals surface area contributed by atoms with Gasteiger partial charge >= 0.3 is 5.97 Å². The number of nitrogens with zero attached hydrogens (tertiary/aromatic N) is 1. The van der Waals surface area contributed by atoms with Gasteiger partial charge in [0, 0.05) is 11.4 Å². The second kappa shape index (κ2) is 14.7. The Morgan fingerprint density at radius 1 is 0.875 bits per heavy atom. The number of hydrogen-bond acceptors (Lipinski definition) is 8. The fourth-order valence-corrected chi connectivity index (χ4v) is 3.40. The van der Waals surface area contributed by atoms with Crippen LogP contribution in [0.2, 0.25) is 0 Å². The van der Waals surface area contributed by atoms with Crippen LogP contribution in [0.5, 0.6) is 11.5 Å². The molecule has 11 nitrogen and oxygen atoms in total. The molecule has 3 aromatic carbocycles. The molecule has 0 saturated heterocycles. The van der Waals surface area contributed by atoms with Crippen LogP contribution < -0.4 is 25.5 Å². The number of para-hydroxylation sites is 1. The lowest BCUT2D eigenvalue weighted by Gasteiger charge is -2.11. The minimum Gasteiger partial charge on any atom is -0.493 e. The summed E-state index contributed by atoms with van der Waals surface area (Å²) in [5, 5.41) is 9.25. The first-order valence-corrected chi connectivity index (χ1v) is 12.3. The molecule has 0 spiro atoms. The Balaban J connectivity index is 1.47. The SMILES string of the molecule is CCOC(=O)c1ccc(NC(=O)COc2ccc(C=NNC(=O)CC(=O)Nc3ccccc3C)cc2OC)cc1. The van der Waals surface area contributed by atoms with Gasteiger partial charge in [-0.25, -0.2) is 10.2 Å². The van der Waals surface area contributed by atoms with E-state index in [2.05, 4.69) is 21.2 Å². The summed E-state index contributed by atoms with van der Waals surface area (Å²) in [5.41, 5.74) is 5.30. The van der Waals surface area contributed by atoms with E-state index in [0.717, 1.165) is 5.56 Å². The van der Waals surface area contributed by atoms with Crippen molar-refractivity contribution in [2.24, 2.45) is 5.10 Å². The first kappa shape index (κ1) is 29.4. The summed E-state index contributed by atoms with van der Waals surface area (Å²) in [6, 6.07) is 18.4. The average molecular weight is 547 g/mol. The largest absolute Gasteiger partial charge is 0.493 e. The van der Waals surface area contributed by atoms with Crippen molar-refractivity contribution >= 4 is 41.3 Å². The number of hydrogen-bond donors (Lipinski definition) is 3. The molecule has 0 aliphatic carbocycles. The molecule has 3 aromatic rings. The Hall–Kier alpha value is -5.19. The van der Waals surface area contributed by atoms with Crippen LogP contribution in [-0.4, -0.2) is 50.2 Å². The molecule has 0 aliphatic rings. The third-order valence-corrected chi connectivity index (χ3v) is 5.37. The van der Waals surface area contributed by atoms with E-state index in [-0.39, 0.29) is 19.6 Å². The molecule has 40 heavy (non-hydrogen) atoms. The highest BCUT2D eigenvalue weighted by Crippen LogP contribution is 2.27. The van der Waals surface area contributed by atoms with Gasteiger partial charge in [0.15, 0.2) is 18.1 Å². The number of esters is 1. The van der Waals surface area contributed by atoms with Crippen molar-refractivity contribution in [1.29, 1.82) is 0 Å². The number of nitrogens with one attached hydrogen (secondary N) is 3. The zero-order chi connectivity index (χ0) is 28.9. The zero-order valence-electron chi connectivity index (χ0n) is 22.4. The molecule has 3 N–H and O–H groups in total. The van der Waals surface area contributed by atoms with Gasteiger partial charge < -0.3 is 24.8 Å². The third kappa shape index (κ3) is 8.98. The number of carbonyl (C=O) groups is 4. The molecule has 0 heterocycles. The van der Waals surface area contributed by atoms with Gasteiger partial charge in [0.1, 0.15) is 6.42 Å². The van der Waals surface area contributed by atoms with Crippen molar-refractivity contribution in [1.82, 2.24) is 5.43 Å². The quantitative estimate of drug-likeness (QED) is 0.136. The lowest BCUT2D eigenvalue weighted by atomic mass is 10.2. The molecule has 0 unspecified atom stereocenters. The van der Waals surface area contributed by atoms with Crippen molar-refractivity contribution in [3.8, 4) is 11.5 Å². The second-order valence-corrected chi connectivity index (χ2v) is 8.38. The van der Waals surface area contributed by atoms with Crippen molar-refractivity contribution in [2.45, 2.75) is 20.3 Å². The summed E-state index contributed by atoms with van der Waals surface area (Å²) < 4.78 is 15.9. The topological polar surface area (TPSA) is 144 Å². The number of amides is 3. The standard InChI is InChI=1S/C29H30N4O7/c1-4-39-29(37)21-10-12-22(13-11-21)31-28(36)18-40-24-14-9-20(15-25(24)38-3)17-30-33-27(35)16-26(34)32-23-8-6-5-7-19(23)2/h5-15,17H,4,16,18H2,1-3H3,(H,31,36)(H,32,34)(H,33,35). The Morgan fingerprint density at radius 3 is 2.33 bits per heavy atom. The van der Waals surface area contributed by atoms with E-state index < -0.39 is 23.7 Å². The van der Waals surface area contributed by atoms with Gasteiger partial charge in [-0.1, -0.05) is 18.2 Å². The van der Waals surface area contributed by atoms with Gasteiger partial charge in [-0.15, -0.1) is 0 Å². The van der Waals surface area contributed by atoms with E-state index in [0.29, 0.717) is 34.0 Å². The summed E-state index contributed by atoms with van der Waals surface area (Å²) in [6.07, 6.45) is 0.996. The number of ether oxygens (including phenoxy) is 3. The number of aryl methyl sites for hydroxylation is 1. The van der Waals surface area contributed by atoms with Crippen molar-refractivity contribution < 1.29 is 33.4 Å². The van der Waals surface area contributed by atoms with Crippen LogP contribution in [-0.2, 0) is 19.1 Å². The van der Waals surface area contributed by atoms with E-state index in [4.69, 9.17) is 14.2 Å².